The van der Waals surface area contributed by atoms with E-state index in [0.717, 1.165) is 11.1 Å². The Hall–Kier alpha value is -1.02. The number of fused-ring (bicyclic) bond motifs is 1. The van der Waals surface area contributed by atoms with Gasteiger partial charge >= 0.3 is 0 Å². The lowest BCUT2D eigenvalue weighted by Crippen LogP contribution is -2.36. The normalized spacial score (nSPS) is 21.7. The minimum Gasteiger partial charge on any atom is -0.336 e. The van der Waals surface area contributed by atoms with Gasteiger partial charge in [-0.05, 0) is 59.8 Å². The number of nitrogens with zero attached hydrogens (tertiary/aromatic N) is 2. The number of halogens is 4. The molecule has 0 amide bonds. The zero-order chi connectivity index (χ0) is 18.6. The van der Waals surface area contributed by atoms with E-state index in [-0.39, 0.29) is 12.3 Å². The standard InChI is InChI=1S/C16H10Cl4N4S2/c17-9-3-1-7(5-11(9)19)13-21-15(25)24-14(22-16(26)23(13)24)8-2-4-10(18)12(20)6-8/h1-6,13-14H,(H,21,25)(H,22,26). The molecule has 0 saturated carbocycles. The van der Waals surface area contributed by atoms with Crippen molar-refractivity contribution >= 4 is 81.1 Å². The molecule has 0 spiro atoms. The van der Waals surface area contributed by atoms with Crippen molar-refractivity contribution in [3.63, 3.8) is 0 Å². The fourth-order valence-corrected chi connectivity index (χ4v) is 4.20. The molecule has 2 aliphatic heterocycles. The molecule has 4 rings (SSSR count). The van der Waals surface area contributed by atoms with Crippen molar-refractivity contribution in [3.8, 4) is 0 Å². The van der Waals surface area contributed by atoms with Crippen LogP contribution in [0.15, 0.2) is 36.4 Å². The van der Waals surface area contributed by atoms with E-state index in [1.807, 2.05) is 22.2 Å². The van der Waals surface area contributed by atoms with E-state index in [4.69, 9.17) is 70.8 Å². The summed E-state index contributed by atoms with van der Waals surface area (Å²) in [5.74, 6) is 0. The van der Waals surface area contributed by atoms with E-state index in [2.05, 4.69) is 10.6 Å². The quantitative estimate of drug-likeness (QED) is 0.588. The monoisotopic (exact) mass is 462 g/mol. The van der Waals surface area contributed by atoms with Crippen molar-refractivity contribution in [1.29, 1.82) is 0 Å². The van der Waals surface area contributed by atoms with Crippen LogP contribution in [-0.2, 0) is 0 Å². The molecule has 4 nitrogen and oxygen atoms in total. The average molecular weight is 464 g/mol. The molecule has 10 heteroatoms. The second kappa shape index (κ2) is 6.86. The van der Waals surface area contributed by atoms with Gasteiger partial charge in [-0.25, -0.2) is 10.0 Å². The van der Waals surface area contributed by atoms with Gasteiger partial charge in [0.15, 0.2) is 10.2 Å². The highest BCUT2D eigenvalue weighted by Crippen LogP contribution is 2.39. The van der Waals surface area contributed by atoms with Gasteiger partial charge in [-0.3, -0.25) is 0 Å². The summed E-state index contributed by atoms with van der Waals surface area (Å²) in [6.45, 7) is 0. The molecule has 0 aromatic heterocycles. The Morgan fingerprint density at radius 2 is 1.04 bits per heavy atom. The molecule has 0 bridgehead atoms. The lowest BCUT2D eigenvalue weighted by atomic mass is 10.1. The average Bonchev–Trinajstić information content (AvgIpc) is 3.12. The number of hydrogen-bond donors (Lipinski definition) is 2. The fraction of sp³-hybridized carbons (Fsp3) is 0.125. The van der Waals surface area contributed by atoms with Crippen molar-refractivity contribution < 1.29 is 0 Å². The third-order valence-electron chi connectivity index (χ3n) is 4.18. The zero-order valence-electron chi connectivity index (χ0n) is 12.8. The molecule has 26 heavy (non-hydrogen) atoms. The molecule has 2 aliphatic rings. The van der Waals surface area contributed by atoms with E-state index >= 15 is 0 Å². The van der Waals surface area contributed by atoms with Crippen molar-refractivity contribution in [2.45, 2.75) is 12.3 Å². The molecule has 0 radical (unpaired) electrons. The Morgan fingerprint density at radius 1 is 0.654 bits per heavy atom. The molecule has 134 valence electrons. The van der Waals surface area contributed by atoms with Crippen LogP contribution in [0.5, 0.6) is 0 Å². The van der Waals surface area contributed by atoms with Crippen LogP contribution in [0.2, 0.25) is 20.1 Å². The van der Waals surface area contributed by atoms with Crippen molar-refractivity contribution in [3.05, 3.63) is 67.6 Å². The number of hydrogen-bond acceptors (Lipinski definition) is 2. The Balaban J connectivity index is 1.71. The van der Waals surface area contributed by atoms with Crippen molar-refractivity contribution in [1.82, 2.24) is 20.7 Å². The van der Waals surface area contributed by atoms with Crippen LogP contribution in [-0.4, -0.2) is 20.2 Å². The van der Waals surface area contributed by atoms with Gasteiger partial charge in [-0.1, -0.05) is 58.5 Å². The predicted octanol–water partition coefficient (Wildman–Crippen LogP) is 5.29. The molecular formula is C16H10Cl4N4S2. The van der Waals surface area contributed by atoms with Gasteiger partial charge in [0.05, 0.1) is 20.1 Å². The summed E-state index contributed by atoms with van der Waals surface area (Å²) < 4.78 is 0. The largest absolute Gasteiger partial charge is 0.336 e. The smallest absolute Gasteiger partial charge is 0.192 e. The summed E-state index contributed by atoms with van der Waals surface area (Å²) in [6, 6.07) is 10.8. The highest BCUT2D eigenvalue weighted by Gasteiger charge is 2.47. The Morgan fingerprint density at radius 3 is 1.38 bits per heavy atom. The SMILES string of the molecule is S=C1NC(c2ccc(Cl)c(Cl)c2)N2C(=S)NC(c3ccc(Cl)c(Cl)c3)N12. The van der Waals surface area contributed by atoms with Crippen LogP contribution in [0.3, 0.4) is 0 Å². The van der Waals surface area contributed by atoms with E-state index in [0.29, 0.717) is 30.3 Å². The van der Waals surface area contributed by atoms with E-state index < -0.39 is 0 Å². The second-order valence-electron chi connectivity index (χ2n) is 5.74. The summed E-state index contributed by atoms with van der Waals surface area (Å²) in [6.07, 6.45) is -0.574. The summed E-state index contributed by atoms with van der Waals surface area (Å²) in [5.41, 5.74) is 1.78. The van der Waals surface area contributed by atoms with Crippen LogP contribution in [0.25, 0.3) is 0 Å². The first-order valence-electron chi connectivity index (χ1n) is 7.46. The van der Waals surface area contributed by atoms with Gasteiger partial charge in [-0.2, -0.15) is 0 Å². The predicted molar refractivity (Wildman–Crippen MR) is 114 cm³/mol. The maximum atomic E-state index is 6.16. The molecule has 0 aliphatic carbocycles. The van der Waals surface area contributed by atoms with Gasteiger partial charge in [0.2, 0.25) is 0 Å². The van der Waals surface area contributed by atoms with Crippen LogP contribution in [0.4, 0.5) is 0 Å². The molecule has 2 heterocycles. The van der Waals surface area contributed by atoms with Gasteiger partial charge in [-0.15, -0.1) is 0 Å². The van der Waals surface area contributed by atoms with E-state index in [1.54, 1.807) is 24.3 Å². The van der Waals surface area contributed by atoms with Gasteiger partial charge in [0, 0.05) is 0 Å². The Labute approximate surface area is 180 Å². The van der Waals surface area contributed by atoms with Gasteiger partial charge in [0.25, 0.3) is 0 Å². The topological polar surface area (TPSA) is 30.5 Å². The summed E-state index contributed by atoms with van der Waals surface area (Å²) in [5, 5.41) is 13.3. The molecule has 2 unspecified atom stereocenters. The molecule has 2 aromatic carbocycles. The van der Waals surface area contributed by atoms with Crippen molar-refractivity contribution in [2.75, 3.05) is 0 Å². The molecule has 2 N–H and O–H groups in total. The fourth-order valence-electron chi connectivity index (χ4n) is 2.98. The second-order valence-corrected chi connectivity index (χ2v) is 8.14. The third kappa shape index (κ3) is 2.99. The highest BCUT2D eigenvalue weighted by molar-refractivity contribution is 7.80. The molecule has 2 fully saturated rings. The Kier molecular flexibility index (Phi) is 4.84. The number of thiocarbonyl (C=S) groups is 2. The number of hydrazine groups is 1. The molecular weight excluding hydrogens is 454 g/mol. The minimum atomic E-state index is -0.287. The first-order chi connectivity index (χ1) is 12.4. The van der Waals surface area contributed by atoms with Crippen LogP contribution >= 0.6 is 70.8 Å². The minimum absolute atomic E-state index is 0.287. The third-order valence-corrected chi connectivity index (χ3v) is 6.26. The number of nitrogens with one attached hydrogen (secondary N) is 2. The summed E-state index contributed by atoms with van der Waals surface area (Å²) >= 11 is 35.4. The number of benzene rings is 2. The molecule has 2 aromatic rings. The lowest BCUT2D eigenvalue weighted by molar-refractivity contribution is 0.114. The highest BCUT2D eigenvalue weighted by atomic mass is 35.5. The van der Waals surface area contributed by atoms with Crippen LogP contribution < -0.4 is 10.6 Å². The Bertz CT molecular complexity index is 863. The summed E-state index contributed by atoms with van der Waals surface area (Å²) in [4.78, 5) is 0. The lowest BCUT2D eigenvalue weighted by Gasteiger charge is -2.27. The summed E-state index contributed by atoms with van der Waals surface area (Å²) in [7, 11) is 0. The first-order valence-corrected chi connectivity index (χ1v) is 9.79. The molecule has 2 atom stereocenters. The number of rotatable bonds is 2. The zero-order valence-corrected chi connectivity index (χ0v) is 17.5. The van der Waals surface area contributed by atoms with Crippen LogP contribution in [0.1, 0.15) is 23.5 Å². The maximum absolute atomic E-state index is 6.16. The van der Waals surface area contributed by atoms with E-state index in [1.165, 1.54) is 0 Å². The van der Waals surface area contributed by atoms with Gasteiger partial charge < -0.3 is 10.6 Å². The molecule has 2 saturated heterocycles. The van der Waals surface area contributed by atoms with E-state index in [9.17, 15) is 0 Å². The maximum Gasteiger partial charge on any atom is 0.192 e. The van der Waals surface area contributed by atoms with Crippen LogP contribution in [0, 0.1) is 0 Å². The first kappa shape index (κ1) is 18.3. The van der Waals surface area contributed by atoms with Gasteiger partial charge in [0.1, 0.15) is 12.3 Å². The van der Waals surface area contributed by atoms with Crippen molar-refractivity contribution in [2.24, 2.45) is 0 Å².